The van der Waals surface area contributed by atoms with E-state index in [0.717, 1.165) is 0 Å². The summed E-state index contributed by atoms with van der Waals surface area (Å²) in [6, 6.07) is 4.26. The lowest BCUT2D eigenvalue weighted by molar-refractivity contribution is 0.0598. The summed E-state index contributed by atoms with van der Waals surface area (Å²) in [6.07, 6.45) is 1.19. The fraction of sp³-hybridized carbons (Fsp3) is 0.167. The fourth-order valence-electron chi connectivity index (χ4n) is 1.23. The molecule has 1 aromatic carbocycles. The topological polar surface area (TPSA) is 61.8 Å². The van der Waals surface area contributed by atoms with Crippen molar-refractivity contribution in [1.29, 1.82) is 0 Å². The molecule has 0 heterocycles. The Morgan fingerprint density at radius 2 is 1.53 bits per heavy atom. The molecule has 0 N–H and O–H groups in total. The van der Waals surface area contributed by atoms with E-state index >= 15 is 0 Å². The molecule has 5 nitrogen and oxygen atoms in total. The van der Waals surface area contributed by atoms with Gasteiger partial charge in [-0.1, -0.05) is 6.58 Å². The number of carbonyl (C=O) groups excluding carboxylic acids is 2. The Kier molecular flexibility index (Phi) is 4.28. The van der Waals surface area contributed by atoms with E-state index in [1.165, 1.54) is 38.7 Å². The van der Waals surface area contributed by atoms with E-state index in [1.54, 1.807) is 0 Å². The van der Waals surface area contributed by atoms with Crippen LogP contribution in [0.15, 0.2) is 31.0 Å². The summed E-state index contributed by atoms with van der Waals surface area (Å²) in [5.74, 6) is -0.822. The van der Waals surface area contributed by atoms with Crippen molar-refractivity contribution < 1.29 is 23.8 Å². The van der Waals surface area contributed by atoms with Crippen LogP contribution in [0, 0.1) is 0 Å². The molecular weight excluding hydrogens is 224 g/mol. The molecule has 0 atom stereocenters. The molecular formula is C12H12O5. The van der Waals surface area contributed by atoms with E-state index in [-0.39, 0.29) is 11.1 Å². The third kappa shape index (κ3) is 3.07. The van der Waals surface area contributed by atoms with Gasteiger partial charge in [-0.25, -0.2) is 9.59 Å². The van der Waals surface area contributed by atoms with Gasteiger partial charge in [-0.3, -0.25) is 0 Å². The van der Waals surface area contributed by atoms with E-state index < -0.39 is 11.9 Å². The van der Waals surface area contributed by atoms with Gasteiger partial charge in [-0.15, -0.1) is 0 Å². The Hall–Kier alpha value is -2.30. The number of hydrogen-bond donors (Lipinski definition) is 0. The monoisotopic (exact) mass is 236 g/mol. The maximum Gasteiger partial charge on any atom is 0.338 e. The minimum absolute atomic E-state index is 0.201. The molecule has 0 amide bonds. The molecule has 0 radical (unpaired) electrons. The summed E-state index contributed by atoms with van der Waals surface area (Å²) < 4.78 is 14.2. The number of rotatable bonds is 4. The van der Waals surface area contributed by atoms with Gasteiger partial charge in [0, 0.05) is 0 Å². The van der Waals surface area contributed by atoms with Gasteiger partial charge in [0.25, 0.3) is 0 Å². The molecule has 0 aliphatic rings. The predicted molar refractivity (Wildman–Crippen MR) is 59.9 cm³/mol. The highest BCUT2D eigenvalue weighted by atomic mass is 16.5. The van der Waals surface area contributed by atoms with Crippen molar-refractivity contribution in [3.05, 3.63) is 42.2 Å². The molecule has 1 rings (SSSR count). The van der Waals surface area contributed by atoms with Crippen molar-refractivity contribution in [1.82, 2.24) is 0 Å². The Morgan fingerprint density at radius 3 is 1.88 bits per heavy atom. The summed E-state index contributed by atoms with van der Waals surface area (Å²) in [5.41, 5.74) is 0.402. The van der Waals surface area contributed by atoms with Gasteiger partial charge in [-0.2, -0.15) is 0 Å². The van der Waals surface area contributed by atoms with Crippen molar-refractivity contribution >= 4 is 11.9 Å². The van der Waals surface area contributed by atoms with E-state index in [1.807, 2.05) is 0 Å². The molecule has 0 aliphatic heterocycles. The molecule has 0 aromatic heterocycles. The molecule has 0 unspecified atom stereocenters. The van der Waals surface area contributed by atoms with Crippen LogP contribution in [0.25, 0.3) is 0 Å². The molecule has 1 aromatic rings. The Morgan fingerprint density at radius 1 is 1.06 bits per heavy atom. The Bertz CT molecular complexity index is 416. The second kappa shape index (κ2) is 5.69. The van der Waals surface area contributed by atoms with Gasteiger partial charge in [-0.05, 0) is 18.2 Å². The number of hydrogen-bond acceptors (Lipinski definition) is 5. The number of carbonyl (C=O) groups is 2. The normalized spacial score (nSPS) is 9.29. The molecule has 0 fully saturated rings. The highest BCUT2D eigenvalue weighted by Gasteiger charge is 2.13. The summed E-state index contributed by atoms with van der Waals surface area (Å²) >= 11 is 0. The van der Waals surface area contributed by atoms with E-state index in [9.17, 15) is 9.59 Å². The molecule has 0 saturated carbocycles. The fourth-order valence-corrected chi connectivity index (χ4v) is 1.23. The largest absolute Gasteiger partial charge is 0.466 e. The first-order valence-corrected chi connectivity index (χ1v) is 4.71. The molecule has 0 bridgehead atoms. The van der Waals surface area contributed by atoms with Crippen LogP contribution in [0.2, 0.25) is 0 Å². The average Bonchev–Trinajstić information content (AvgIpc) is 2.36. The average molecular weight is 236 g/mol. The maximum atomic E-state index is 11.4. The zero-order valence-corrected chi connectivity index (χ0v) is 9.56. The first kappa shape index (κ1) is 12.8. The number of esters is 2. The smallest absolute Gasteiger partial charge is 0.338 e. The third-order valence-electron chi connectivity index (χ3n) is 1.97. The van der Waals surface area contributed by atoms with Crippen molar-refractivity contribution in [3.8, 4) is 5.75 Å². The van der Waals surface area contributed by atoms with Crippen LogP contribution in [0.5, 0.6) is 5.75 Å². The van der Waals surface area contributed by atoms with Gasteiger partial charge in [0.15, 0.2) is 0 Å². The first-order valence-electron chi connectivity index (χ1n) is 4.71. The van der Waals surface area contributed by atoms with Crippen LogP contribution in [-0.4, -0.2) is 26.2 Å². The Labute approximate surface area is 98.6 Å². The van der Waals surface area contributed by atoms with E-state index in [0.29, 0.717) is 5.75 Å². The zero-order valence-electron chi connectivity index (χ0n) is 9.56. The summed E-state index contributed by atoms with van der Waals surface area (Å²) in [7, 11) is 2.50. The zero-order chi connectivity index (χ0) is 12.8. The number of benzene rings is 1. The van der Waals surface area contributed by atoms with Gasteiger partial charge in [0.2, 0.25) is 0 Å². The molecule has 17 heavy (non-hydrogen) atoms. The van der Waals surface area contributed by atoms with Gasteiger partial charge in [0.1, 0.15) is 5.75 Å². The molecule has 90 valence electrons. The van der Waals surface area contributed by atoms with Crippen LogP contribution >= 0.6 is 0 Å². The summed E-state index contributed by atoms with van der Waals surface area (Å²) in [5, 5.41) is 0. The van der Waals surface area contributed by atoms with E-state index in [2.05, 4.69) is 16.1 Å². The molecule has 0 spiro atoms. The summed E-state index contributed by atoms with van der Waals surface area (Å²) in [4.78, 5) is 22.8. The van der Waals surface area contributed by atoms with Crippen molar-refractivity contribution in [2.45, 2.75) is 0 Å². The molecule has 0 saturated heterocycles. The number of ether oxygens (including phenoxy) is 3. The summed E-state index contributed by atoms with van der Waals surface area (Å²) in [6.45, 7) is 3.39. The van der Waals surface area contributed by atoms with Crippen LogP contribution < -0.4 is 4.74 Å². The highest BCUT2D eigenvalue weighted by Crippen LogP contribution is 2.19. The molecule has 5 heteroatoms. The van der Waals surface area contributed by atoms with Gasteiger partial charge < -0.3 is 14.2 Å². The van der Waals surface area contributed by atoms with Crippen molar-refractivity contribution in [3.63, 3.8) is 0 Å². The second-order valence-electron chi connectivity index (χ2n) is 3.01. The van der Waals surface area contributed by atoms with Gasteiger partial charge in [0.05, 0.1) is 31.6 Å². The van der Waals surface area contributed by atoms with Crippen LogP contribution in [0.1, 0.15) is 20.7 Å². The van der Waals surface area contributed by atoms with Crippen LogP contribution in [-0.2, 0) is 9.47 Å². The lowest BCUT2D eigenvalue weighted by Crippen LogP contribution is -2.06. The molecule has 0 aliphatic carbocycles. The van der Waals surface area contributed by atoms with Gasteiger partial charge >= 0.3 is 11.9 Å². The first-order chi connectivity index (χ1) is 8.12. The van der Waals surface area contributed by atoms with Crippen LogP contribution in [0.3, 0.4) is 0 Å². The second-order valence-corrected chi connectivity index (χ2v) is 3.01. The van der Waals surface area contributed by atoms with Crippen LogP contribution in [0.4, 0.5) is 0 Å². The lowest BCUT2D eigenvalue weighted by atomic mass is 10.1. The third-order valence-corrected chi connectivity index (χ3v) is 1.97. The predicted octanol–water partition coefficient (Wildman–Crippen LogP) is 1.78. The quantitative estimate of drug-likeness (QED) is 0.589. The van der Waals surface area contributed by atoms with Crippen molar-refractivity contribution in [2.75, 3.05) is 14.2 Å². The lowest BCUT2D eigenvalue weighted by Gasteiger charge is -2.06. The van der Waals surface area contributed by atoms with Crippen molar-refractivity contribution in [2.24, 2.45) is 0 Å². The minimum atomic E-state index is -0.565. The standard InChI is InChI=1S/C12H12O5/c1-4-17-10-6-8(11(13)15-2)5-9(7-10)12(14)16-3/h4-7H,1H2,2-3H3. The van der Waals surface area contributed by atoms with E-state index in [4.69, 9.17) is 4.74 Å². The SMILES string of the molecule is C=COc1cc(C(=O)OC)cc(C(=O)OC)c1. The Balaban J connectivity index is 3.22. The maximum absolute atomic E-state index is 11.4. The number of methoxy groups -OCH3 is 2. The minimum Gasteiger partial charge on any atom is -0.466 e. The highest BCUT2D eigenvalue weighted by molar-refractivity contribution is 5.96.